The molecular weight excluding hydrogens is 286 g/mol. The van der Waals surface area contributed by atoms with E-state index in [2.05, 4.69) is 15.3 Å². The normalized spacial score (nSPS) is 13.7. The molecule has 1 aliphatic heterocycles. The second-order valence-corrected chi connectivity index (χ2v) is 4.39. The van der Waals surface area contributed by atoms with Crippen molar-refractivity contribution in [3.05, 3.63) is 33.2 Å². The summed E-state index contributed by atoms with van der Waals surface area (Å²) in [6, 6.07) is 2.48. The van der Waals surface area contributed by atoms with Gasteiger partial charge in [-0.25, -0.2) is 0 Å². The molecule has 106 valence electrons. The van der Waals surface area contributed by atoms with Crippen LogP contribution in [-0.2, 0) is 4.79 Å². The van der Waals surface area contributed by atoms with E-state index in [4.69, 9.17) is 32.3 Å². The van der Waals surface area contributed by atoms with Gasteiger partial charge in [-0.05, 0) is 23.2 Å². The summed E-state index contributed by atoms with van der Waals surface area (Å²) in [5, 5.41) is 6.61. The summed E-state index contributed by atoms with van der Waals surface area (Å²) in [5.41, 5.74) is 14.1. The van der Waals surface area contributed by atoms with Gasteiger partial charge < -0.3 is 20.5 Å². The minimum Gasteiger partial charge on any atom is -0.454 e. The first kappa shape index (κ1) is 14.3. The minimum absolute atomic E-state index is 0.0874. The van der Waals surface area contributed by atoms with Gasteiger partial charge in [-0.15, -0.1) is 0 Å². The van der Waals surface area contributed by atoms with E-state index in [9.17, 15) is 4.79 Å². The third-order valence-electron chi connectivity index (χ3n) is 2.69. The van der Waals surface area contributed by atoms with Crippen LogP contribution in [0.3, 0.4) is 0 Å². The molecule has 0 saturated carbocycles. The Balaban J connectivity index is 2.19. The van der Waals surface area contributed by atoms with E-state index in [0.29, 0.717) is 28.6 Å². The zero-order valence-corrected chi connectivity index (χ0v) is 11.1. The molecule has 9 heteroatoms. The van der Waals surface area contributed by atoms with E-state index < -0.39 is 11.9 Å². The molecule has 1 heterocycles. The lowest BCUT2D eigenvalue weighted by atomic mass is 10.1. The second kappa shape index (κ2) is 6.33. The number of nitrogens with two attached hydrogens (primary N) is 1. The van der Waals surface area contributed by atoms with Crippen molar-refractivity contribution < 1.29 is 14.3 Å². The van der Waals surface area contributed by atoms with Gasteiger partial charge in [0, 0.05) is 18.0 Å². The zero-order valence-electron chi connectivity index (χ0n) is 10.4. The summed E-state index contributed by atoms with van der Waals surface area (Å²) in [4.78, 5) is 14.1. The number of rotatable bonds is 6. The lowest BCUT2D eigenvalue weighted by Gasteiger charge is -2.16. The van der Waals surface area contributed by atoms with Crippen molar-refractivity contribution in [2.24, 2.45) is 10.8 Å². The number of carbonyl (C=O) groups excluding carboxylic acids is 1. The van der Waals surface area contributed by atoms with Gasteiger partial charge in [0.25, 0.3) is 0 Å². The van der Waals surface area contributed by atoms with Crippen molar-refractivity contribution in [2.45, 2.75) is 6.04 Å². The Labute approximate surface area is 119 Å². The third kappa shape index (κ3) is 3.05. The molecular formula is C11H12ClN5O3. The Kier molecular flexibility index (Phi) is 4.52. The monoisotopic (exact) mass is 297 g/mol. The molecule has 1 aliphatic rings. The number of hydrogen-bond donors (Lipinski definition) is 2. The molecule has 1 aromatic carbocycles. The maximum Gasteiger partial charge on any atom is 0.239 e. The predicted molar refractivity (Wildman–Crippen MR) is 71.5 cm³/mol. The van der Waals surface area contributed by atoms with Gasteiger partial charge >= 0.3 is 0 Å². The maximum absolute atomic E-state index is 11.5. The fraction of sp³-hybridized carbons (Fsp3) is 0.364. The van der Waals surface area contributed by atoms with Gasteiger partial charge in [0.15, 0.2) is 11.5 Å². The van der Waals surface area contributed by atoms with Crippen LogP contribution in [0.5, 0.6) is 11.5 Å². The number of primary amides is 1. The van der Waals surface area contributed by atoms with E-state index in [1.807, 2.05) is 0 Å². The van der Waals surface area contributed by atoms with Crippen LogP contribution in [0.4, 0.5) is 0 Å². The largest absolute Gasteiger partial charge is 0.454 e. The summed E-state index contributed by atoms with van der Waals surface area (Å²) in [6.07, 6.45) is 0. The number of benzene rings is 1. The van der Waals surface area contributed by atoms with Crippen LogP contribution in [0.15, 0.2) is 17.2 Å². The number of nitrogens with one attached hydrogen (secondary N) is 1. The molecule has 0 aromatic heterocycles. The quantitative estimate of drug-likeness (QED) is 0.357. The van der Waals surface area contributed by atoms with Gasteiger partial charge in [0.1, 0.15) is 6.04 Å². The lowest BCUT2D eigenvalue weighted by molar-refractivity contribution is -0.120. The summed E-state index contributed by atoms with van der Waals surface area (Å²) in [6.45, 7) is 0.604. The fourth-order valence-corrected chi connectivity index (χ4v) is 2.11. The average molecular weight is 298 g/mol. The molecule has 2 rings (SSSR count). The number of ether oxygens (including phenoxy) is 2. The van der Waals surface area contributed by atoms with Gasteiger partial charge in [0.2, 0.25) is 12.7 Å². The summed E-state index contributed by atoms with van der Waals surface area (Å²) < 4.78 is 10.4. The molecule has 0 bridgehead atoms. The van der Waals surface area contributed by atoms with Gasteiger partial charge in [-0.2, -0.15) is 0 Å². The van der Waals surface area contributed by atoms with Crippen LogP contribution >= 0.6 is 11.6 Å². The number of nitrogens with zero attached hydrogens (tertiary/aromatic N) is 3. The topological polar surface area (TPSA) is 122 Å². The highest BCUT2D eigenvalue weighted by Crippen LogP contribution is 2.40. The van der Waals surface area contributed by atoms with E-state index in [1.165, 1.54) is 0 Å². The van der Waals surface area contributed by atoms with Crippen LogP contribution in [0.1, 0.15) is 11.6 Å². The van der Waals surface area contributed by atoms with E-state index in [0.717, 1.165) is 0 Å². The first-order valence-electron chi connectivity index (χ1n) is 5.76. The fourth-order valence-electron chi connectivity index (χ4n) is 1.84. The second-order valence-electron chi connectivity index (χ2n) is 3.98. The van der Waals surface area contributed by atoms with Crippen LogP contribution in [0, 0.1) is 0 Å². The molecule has 1 amide bonds. The third-order valence-corrected chi connectivity index (χ3v) is 2.97. The Morgan fingerprint density at radius 3 is 3.10 bits per heavy atom. The van der Waals surface area contributed by atoms with Crippen LogP contribution in [0.2, 0.25) is 5.02 Å². The molecule has 0 radical (unpaired) electrons. The molecule has 1 aromatic rings. The number of fused-ring (bicyclic) bond motifs is 1. The highest BCUT2D eigenvalue weighted by molar-refractivity contribution is 6.32. The van der Waals surface area contributed by atoms with Crippen LogP contribution in [0.25, 0.3) is 10.4 Å². The van der Waals surface area contributed by atoms with Crippen molar-refractivity contribution in [3.63, 3.8) is 0 Å². The van der Waals surface area contributed by atoms with Crippen molar-refractivity contribution in [1.82, 2.24) is 5.32 Å². The Bertz CT molecular complexity index is 573. The average Bonchev–Trinajstić information content (AvgIpc) is 2.87. The van der Waals surface area contributed by atoms with Gasteiger partial charge in [0.05, 0.1) is 5.02 Å². The van der Waals surface area contributed by atoms with Gasteiger partial charge in [-0.1, -0.05) is 16.7 Å². The predicted octanol–water partition coefficient (Wildman–Crippen LogP) is 1.49. The Morgan fingerprint density at radius 2 is 2.40 bits per heavy atom. The Hall–Kier alpha value is -2.15. The van der Waals surface area contributed by atoms with E-state index in [1.54, 1.807) is 12.1 Å². The Morgan fingerprint density at radius 1 is 1.60 bits per heavy atom. The van der Waals surface area contributed by atoms with Crippen molar-refractivity contribution in [3.8, 4) is 11.5 Å². The van der Waals surface area contributed by atoms with E-state index >= 15 is 0 Å². The molecule has 20 heavy (non-hydrogen) atoms. The highest BCUT2D eigenvalue weighted by Gasteiger charge is 2.24. The molecule has 1 unspecified atom stereocenters. The summed E-state index contributed by atoms with van der Waals surface area (Å²) >= 11 is 6.06. The maximum atomic E-state index is 11.5. The first-order chi connectivity index (χ1) is 9.63. The number of hydrogen-bond acceptors (Lipinski definition) is 5. The van der Waals surface area contributed by atoms with Crippen molar-refractivity contribution in [1.29, 1.82) is 0 Å². The molecule has 0 fully saturated rings. The van der Waals surface area contributed by atoms with Crippen LogP contribution in [-0.4, -0.2) is 25.8 Å². The number of halogens is 1. The van der Waals surface area contributed by atoms with E-state index in [-0.39, 0.29) is 13.3 Å². The number of amides is 1. The van der Waals surface area contributed by atoms with Gasteiger partial charge in [-0.3, -0.25) is 4.79 Å². The standard InChI is InChI=1S/C11H12ClN5O3/c12-7-3-6(4-8-10(7)20-5-19-8)9(11(13)18)15-1-2-16-17-14/h3-4,9,15H,1-2,5H2,(H2,13,18). The lowest BCUT2D eigenvalue weighted by Crippen LogP contribution is -2.34. The SMILES string of the molecule is [N-]=[N+]=NCCNC(C(N)=O)c1cc(Cl)c2c(c1)OCO2. The summed E-state index contributed by atoms with van der Waals surface area (Å²) in [7, 11) is 0. The van der Waals surface area contributed by atoms with Crippen LogP contribution < -0.4 is 20.5 Å². The zero-order chi connectivity index (χ0) is 14.5. The first-order valence-corrected chi connectivity index (χ1v) is 6.14. The molecule has 0 aliphatic carbocycles. The molecule has 3 N–H and O–H groups in total. The smallest absolute Gasteiger partial charge is 0.239 e. The summed E-state index contributed by atoms with van der Waals surface area (Å²) in [5.74, 6) is 0.351. The highest BCUT2D eigenvalue weighted by atomic mass is 35.5. The van der Waals surface area contributed by atoms with Crippen molar-refractivity contribution in [2.75, 3.05) is 19.9 Å². The molecule has 0 spiro atoms. The van der Waals surface area contributed by atoms with Crippen molar-refractivity contribution >= 4 is 17.5 Å². The molecule has 0 saturated heterocycles. The number of carbonyl (C=O) groups is 1. The molecule has 1 atom stereocenters. The number of azide groups is 1. The molecule has 8 nitrogen and oxygen atoms in total. The minimum atomic E-state index is -0.754.